The Morgan fingerprint density at radius 3 is 1.56 bits per heavy atom. The molecule has 4 amide bonds. The van der Waals surface area contributed by atoms with Crippen LogP contribution < -0.4 is 15.5 Å². The predicted octanol–water partition coefficient (Wildman–Crippen LogP) is 8.01. The van der Waals surface area contributed by atoms with Gasteiger partial charge in [-0.1, -0.05) is 117 Å². The number of hydrogen-bond acceptors (Lipinski definition) is 15. The van der Waals surface area contributed by atoms with Crippen molar-refractivity contribution < 1.29 is 82.3 Å². The number of nitrogens with one attached hydrogen (secondary N) is 2. The second-order valence-electron chi connectivity index (χ2n) is 27.9. The van der Waals surface area contributed by atoms with Crippen LogP contribution in [0.4, 0.5) is 5.69 Å². The van der Waals surface area contributed by atoms with Crippen LogP contribution in [0.15, 0.2) is 24.3 Å². The van der Waals surface area contributed by atoms with Crippen LogP contribution in [-0.4, -0.2) is 133 Å². The largest absolute Gasteiger partial charge is 0.481 e. The van der Waals surface area contributed by atoms with E-state index in [-0.39, 0.29) is 63.9 Å². The molecule has 1 aromatic rings. The second-order valence-corrected chi connectivity index (χ2v) is 27.9. The Balaban J connectivity index is 2.18. The summed E-state index contributed by atoms with van der Waals surface area (Å²) in [6, 6.07) is 6.88. The van der Waals surface area contributed by atoms with Crippen molar-refractivity contribution in [3.8, 4) is 0 Å². The molecule has 21 heteroatoms. The summed E-state index contributed by atoms with van der Waals surface area (Å²) in [5, 5.41) is 39.1. The number of hydrogen-bond donors (Lipinski definition) is 5. The molecule has 10 unspecified atom stereocenters. The summed E-state index contributed by atoms with van der Waals surface area (Å²) in [7, 11) is 3.73. The lowest BCUT2D eigenvalue weighted by Gasteiger charge is -2.45. The molecule has 2 aliphatic rings. The van der Waals surface area contributed by atoms with E-state index in [0.717, 1.165) is 10.6 Å². The fraction of sp³-hybridized carbons (Fsp3) is 0.730. The Morgan fingerprint density at radius 2 is 1.12 bits per heavy atom. The van der Waals surface area contributed by atoms with Crippen molar-refractivity contribution in [2.75, 3.05) is 51.8 Å². The maximum Gasteiger partial charge on any atom is 0.318 e. The number of imide groups is 1. The number of likely N-dealkylation sites (tertiary alicyclic amines) is 1. The molecule has 472 valence electrons. The van der Waals surface area contributed by atoms with Gasteiger partial charge in [0, 0.05) is 38.4 Å². The minimum Gasteiger partial charge on any atom is -0.481 e. The summed E-state index contributed by atoms with van der Waals surface area (Å²) in [6.45, 7) is 27.8. The van der Waals surface area contributed by atoms with Crippen molar-refractivity contribution in [2.45, 2.75) is 150 Å². The number of cyclic esters (lactones) is 2. The SMILES string of the molecule is CCOC(=O)C(C(CC(C)(C)C1C(=O)OC(=O)C1C)C(=O)O)C(C)(C)CC(C(=O)O)C(C(=O)NCC(C)C)C(C)(C)CC1C(=O)N(CC(C)C)C(=O)C1C(C)(C)CC(C(=O)O)C(C(=O)OCCNC(=O)c1ccc(N(C)C)cc1)C(C)(C)CC. The summed E-state index contributed by atoms with van der Waals surface area (Å²) in [4.78, 5) is 157. The third-order valence-electron chi connectivity index (χ3n) is 17.7. The maximum absolute atomic E-state index is 15.1. The van der Waals surface area contributed by atoms with Crippen LogP contribution in [0.25, 0.3) is 0 Å². The molecule has 0 bridgehead atoms. The van der Waals surface area contributed by atoms with Gasteiger partial charge in [-0.25, -0.2) is 0 Å². The summed E-state index contributed by atoms with van der Waals surface area (Å²) < 4.78 is 16.2. The van der Waals surface area contributed by atoms with E-state index in [9.17, 15) is 58.5 Å². The van der Waals surface area contributed by atoms with Crippen molar-refractivity contribution in [1.82, 2.24) is 15.5 Å². The Hall–Kier alpha value is -6.41. The number of rotatable bonds is 33. The summed E-state index contributed by atoms with van der Waals surface area (Å²) in [5.41, 5.74) is -5.52. The molecular weight excluding hydrogens is 1080 g/mol. The van der Waals surface area contributed by atoms with Crippen molar-refractivity contribution in [1.29, 1.82) is 0 Å². The number of nitrogens with zero attached hydrogens (tertiary/aromatic N) is 2. The third-order valence-corrected chi connectivity index (χ3v) is 17.7. The van der Waals surface area contributed by atoms with Crippen LogP contribution in [0.5, 0.6) is 0 Å². The van der Waals surface area contributed by atoms with Crippen molar-refractivity contribution in [3.63, 3.8) is 0 Å². The normalized spacial score (nSPS) is 20.2. The molecule has 2 saturated heterocycles. The molecule has 2 fully saturated rings. The molecule has 21 nitrogen and oxygen atoms in total. The Bertz CT molecular complexity index is 2580. The molecule has 2 aliphatic heterocycles. The number of carboxylic acid groups (broad SMARTS) is 3. The van der Waals surface area contributed by atoms with Gasteiger partial charge in [0.05, 0.1) is 72.3 Å². The topological polar surface area (TPSA) is 307 Å². The average molecular weight is 1180 g/mol. The fourth-order valence-corrected chi connectivity index (χ4v) is 13.3. The molecule has 3 rings (SSSR count). The van der Waals surface area contributed by atoms with Gasteiger partial charge >= 0.3 is 41.8 Å². The van der Waals surface area contributed by atoms with Gasteiger partial charge in [-0.15, -0.1) is 0 Å². The van der Waals surface area contributed by atoms with Crippen molar-refractivity contribution in [3.05, 3.63) is 29.8 Å². The van der Waals surface area contributed by atoms with E-state index < -0.39 is 158 Å². The fourth-order valence-electron chi connectivity index (χ4n) is 13.3. The molecule has 2 heterocycles. The monoisotopic (exact) mass is 1180 g/mol. The average Bonchev–Trinajstić information content (AvgIpc) is 2.39. The summed E-state index contributed by atoms with van der Waals surface area (Å²) in [6.07, 6.45) is -1.15. The number of carbonyl (C=O) groups excluding carboxylic acids is 8. The first-order chi connectivity index (χ1) is 38.5. The van der Waals surface area contributed by atoms with E-state index in [1.165, 1.54) is 27.7 Å². The van der Waals surface area contributed by atoms with Gasteiger partial charge in [-0.3, -0.25) is 57.6 Å². The zero-order valence-electron chi connectivity index (χ0n) is 53.3. The first-order valence-electron chi connectivity index (χ1n) is 29.5. The van der Waals surface area contributed by atoms with Crippen LogP contribution in [-0.2, 0) is 62.2 Å². The molecule has 0 saturated carbocycles. The molecule has 0 spiro atoms. The highest BCUT2D eigenvalue weighted by molar-refractivity contribution is 6.05. The highest BCUT2D eigenvalue weighted by Gasteiger charge is 2.60. The van der Waals surface area contributed by atoms with E-state index in [1.54, 1.807) is 86.6 Å². The lowest BCUT2D eigenvalue weighted by molar-refractivity contribution is -0.168. The van der Waals surface area contributed by atoms with Crippen molar-refractivity contribution in [2.24, 2.45) is 98.1 Å². The molecule has 10 atom stereocenters. The van der Waals surface area contributed by atoms with Gasteiger partial charge in [0.15, 0.2) is 0 Å². The number of ether oxygens (including phenoxy) is 3. The number of aliphatic carboxylic acids is 3. The van der Waals surface area contributed by atoms with E-state index in [0.29, 0.717) is 12.0 Å². The molecule has 0 radical (unpaired) electrons. The molecule has 84 heavy (non-hydrogen) atoms. The standard InChI is InChI=1S/C63H98N4O17/c1-20-59(8,9)46(57(80)83-27-26-64-48(68)37-22-24-38(25-23-37)66(18)19)41(53(74)75)31-62(14,15)45-39(50(70)67(51(45)71)33-35(5)6)28-61(12,13)44(49(69)65-32-34(3)4)40(52(72)73)29-63(16,17)47(56(79)82-21-2)42(54(76)77)30-60(10,11)43-36(7)55(78)84-58(43)81/h22-25,34-36,39-47H,20-21,26-33H2,1-19H3,(H,64,68)(H,65,69)(H,72,73)(H,74,75)(H,76,77). The molecule has 0 aliphatic carbocycles. The smallest absolute Gasteiger partial charge is 0.318 e. The number of carbonyl (C=O) groups is 11. The molecule has 0 aromatic heterocycles. The first-order valence-corrected chi connectivity index (χ1v) is 29.5. The predicted molar refractivity (Wildman–Crippen MR) is 312 cm³/mol. The van der Waals surface area contributed by atoms with Gasteiger partial charge in [0.25, 0.3) is 5.91 Å². The number of benzene rings is 1. The van der Waals surface area contributed by atoms with Gasteiger partial charge in [-0.05, 0) is 95.8 Å². The summed E-state index contributed by atoms with van der Waals surface area (Å²) >= 11 is 0. The van der Waals surface area contributed by atoms with Gasteiger partial charge in [0.1, 0.15) is 6.61 Å². The van der Waals surface area contributed by atoms with Crippen LogP contribution >= 0.6 is 0 Å². The van der Waals surface area contributed by atoms with Crippen LogP contribution in [0, 0.1) is 98.1 Å². The highest BCUT2D eigenvalue weighted by Crippen LogP contribution is 2.54. The quantitative estimate of drug-likeness (QED) is 0.0146. The Labute approximate surface area is 496 Å². The molecule has 1 aromatic carbocycles. The Kier molecular flexibility index (Phi) is 24.5. The number of carboxylic acids is 3. The van der Waals surface area contributed by atoms with Crippen LogP contribution in [0.3, 0.4) is 0 Å². The van der Waals surface area contributed by atoms with Gasteiger partial charge < -0.3 is 45.1 Å². The lowest BCUT2D eigenvalue weighted by Crippen LogP contribution is -2.51. The molecule has 5 N–H and O–H groups in total. The Morgan fingerprint density at radius 1 is 0.631 bits per heavy atom. The van der Waals surface area contributed by atoms with Gasteiger partial charge in [0.2, 0.25) is 17.7 Å². The maximum atomic E-state index is 15.1. The first kappa shape index (κ1) is 71.9. The summed E-state index contributed by atoms with van der Waals surface area (Å²) in [5.74, 6) is -24.2. The minimum atomic E-state index is -1.70. The van der Waals surface area contributed by atoms with E-state index >= 15 is 9.59 Å². The number of anilines is 1. The van der Waals surface area contributed by atoms with E-state index in [4.69, 9.17) is 14.2 Å². The highest BCUT2D eigenvalue weighted by atomic mass is 16.6. The van der Waals surface area contributed by atoms with Gasteiger partial charge in [-0.2, -0.15) is 0 Å². The van der Waals surface area contributed by atoms with E-state index in [1.807, 2.05) is 46.7 Å². The number of esters is 4. The zero-order valence-corrected chi connectivity index (χ0v) is 53.3. The van der Waals surface area contributed by atoms with E-state index in [2.05, 4.69) is 10.6 Å². The minimum absolute atomic E-state index is 0.0164. The van der Waals surface area contributed by atoms with Crippen LogP contribution in [0.2, 0.25) is 0 Å². The molecular formula is C63H98N4O17. The zero-order chi connectivity index (χ0) is 64.5. The lowest BCUT2D eigenvalue weighted by atomic mass is 9.57. The van der Waals surface area contributed by atoms with Crippen molar-refractivity contribution >= 4 is 71.1 Å². The third kappa shape index (κ3) is 17.4. The second kappa shape index (κ2) is 28.7. The number of amides is 4. The van der Waals surface area contributed by atoms with Crippen LogP contribution in [0.1, 0.15) is 160 Å².